The number of rotatable bonds is 4. The number of benzene rings is 1. The highest BCUT2D eigenvalue weighted by Gasteiger charge is 2.26. The van der Waals surface area contributed by atoms with Gasteiger partial charge < -0.3 is 10.0 Å². The predicted molar refractivity (Wildman–Crippen MR) is 119 cm³/mol. The van der Waals surface area contributed by atoms with Crippen LogP contribution in [0.4, 0.5) is 0 Å². The summed E-state index contributed by atoms with van der Waals surface area (Å²) in [7, 11) is 0. The number of carbonyl (C=O) groups is 1. The Kier molecular flexibility index (Phi) is 8.55. The molecule has 1 aliphatic carbocycles. The lowest BCUT2D eigenvalue weighted by molar-refractivity contribution is -0.131. The molecule has 2 aliphatic heterocycles. The van der Waals surface area contributed by atoms with Crippen LogP contribution < -0.4 is 0 Å². The molecule has 3 aliphatic rings. The lowest BCUT2D eigenvalue weighted by Gasteiger charge is -2.36. The van der Waals surface area contributed by atoms with Crippen molar-refractivity contribution in [2.75, 3.05) is 26.2 Å². The molecule has 0 aromatic heterocycles. The van der Waals surface area contributed by atoms with Crippen molar-refractivity contribution in [2.24, 2.45) is 0 Å². The number of aliphatic hydroxyl groups excluding tert-OH is 1. The minimum Gasteiger partial charge on any atom is -0.393 e. The van der Waals surface area contributed by atoms with Crippen molar-refractivity contribution in [3.63, 3.8) is 0 Å². The molecule has 1 atom stereocenters. The lowest BCUT2D eigenvalue weighted by atomic mass is 9.91. The number of aliphatic hydroxyl groups is 1. The van der Waals surface area contributed by atoms with E-state index in [4.69, 9.17) is 0 Å². The van der Waals surface area contributed by atoms with Gasteiger partial charge in [0.05, 0.1) is 6.10 Å². The van der Waals surface area contributed by atoms with Gasteiger partial charge in [0.1, 0.15) is 0 Å². The second-order valence-corrected chi connectivity index (χ2v) is 9.07. The third kappa shape index (κ3) is 6.55. The first-order valence-electron chi connectivity index (χ1n) is 11.9. The van der Waals surface area contributed by atoms with Crippen molar-refractivity contribution >= 4 is 5.91 Å². The zero-order valence-corrected chi connectivity index (χ0v) is 18.5. The third-order valence-corrected chi connectivity index (χ3v) is 6.74. The van der Waals surface area contributed by atoms with Crippen LogP contribution in [0.3, 0.4) is 0 Å². The van der Waals surface area contributed by atoms with E-state index in [9.17, 15) is 9.90 Å². The number of fused-ring (bicyclic) bond motifs is 1. The van der Waals surface area contributed by atoms with Gasteiger partial charge in [-0.15, -0.1) is 0 Å². The molecule has 0 bridgehead atoms. The number of hydrogen-bond donors (Lipinski definition) is 1. The molecule has 1 aromatic rings. The molecule has 1 saturated heterocycles. The molecular formula is C25H40N2O2. The van der Waals surface area contributed by atoms with Gasteiger partial charge in [0, 0.05) is 38.6 Å². The monoisotopic (exact) mass is 400 g/mol. The first kappa shape index (κ1) is 22.3. The molecule has 1 amide bonds. The Morgan fingerprint density at radius 1 is 1.03 bits per heavy atom. The highest BCUT2D eigenvalue weighted by atomic mass is 16.3. The average molecular weight is 401 g/mol. The standard InChI is InChI=1S/C17H25NO.C8H15NO/c1-13(19)11-14-5-6-15-7-9-18(17-3-2-4-17)10-8-16(15)12-14;1-2-8(10)9-6-4-3-5-7-9/h5-6,12-13,17,19H,2-4,7-11H2,1H3;2-7H2,1H3. The summed E-state index contributed by atoms with van der Waals surface area (Å²) >= 11 is 0. The van der Waals surface area contributed by atoms with E-state index in [-0.39, 0.29) is 6.10 Å². The van der Waals surface area contributed by atoms with Crippen LogP contribution in [-0.2, 0) is 24.1 Å². The van der Waals surface area contributed by atoms with E-state index in [0.717, 1.165) is 25.6 Å². The normalized spacial score (nSPS) is 21.3. The Morgan fingerprint density at radius 2 is 1.72 bits per heavy atom. The molecule has 29 heavy (non-hydrogen) atoms. The number of piperidine rings is 1. The second-order valence-electron chi connectivity index (χ2n) is 9.07. The molecule has 1 unspecified atom stereocenters. The zero-order chi connectivity index (χ0) is 20.6. The van der Waals surface area contributed by atoms with Crippen LogP contribution in [0, 0.1) is 0 Å². The van der Waals surface area contributed by atoms with Gasteiger partial charge >= 0.3 is 0 Å². The zero-order valence-electron chi connectivity index (χ0n) is 18.5. The Labute approximate surface area is 177 Å². The van der Waals surface area contributed by atoms with Crippen LogP contribution in [0.2, 0.25) is 0 Å². The van der Waals surface area contributed by atoms with E-state index in [1.54, 1.807) is 0 Å². The number of likely N-dealkylation sites (tertiary alicyclic amines) is 1. The van der Waals surface area contributed by atoms with Crippen molar-refractivity contribution in [1.82, 2.24) is 9.80 Å². The van der Waals surface area contributed by atoms with Crippen LogP contribution in [0.15, 0.2) is 18.2 Å². The molecule has 2 fully saturated rings. The van der Waals surface area contributed by atoms with E-state index in [1.807, 2.05) is 18.7 Å². The van der Waals surface area contributed by atoms with Crippen LogP contribution >= 0.6 is 0 Å². The van der Waals surface area contributed by atoms with Crippen molar-refractivity contribution in [3.05, 3.63) is 34.9 Å². The Hall–Kier alpha value is -1.39. The molecule has 1 saturated carbocycles. The largest absolute Gasteiger partial charge is 0.393 e. The Morgan fingerprint density at radius 3 is 2.31 bits per heavy atom. The summed E-state index contributed by atoms with van der Waals surface area (Å²) in [4.78, 5) is 15.8. The van der Waals surface area contributed by atoms with Crippen LogP contribution in [0.25, 0.3) is 0 Å². The summed E-state index contributed by atoms with van der Waals surface area (Å²) in [6.07, 6.45) is 11.5. The summed E-state index contributed by atoms with van der Waals surface area (Å²) in [6.45, 7) is 8.23. The van der Waals surface area contributed by atoms with Gasteiger partial charge in [0.2, 0.25) is 5.91 Å². The van der Waals surface area contributed by atoms with Crippen LogP contribution in [0.5, 0.6) is 0 Å². The lowest BCUT2D eigenvalue weighted by Crippen LogP contribution is -2.41. The van der Waals surface area contributed by atoms with Gasteiger partial charge in [-0.1, -0.05) is 31.5 Å². The quantitative estimate of drug-likeness (QED) is 0.832. The van der Waals surface area contributed by atoms with Gasteiger partial charge in [-0.25, -0.2) is 0 Å². The maximum absolute atomic E-state index is 11.1. The first-order chi connectivity index (χ1) is 14.1. The van der Waals surface area contributed by atoms with E-state index >= 15 is 0 Å². The minimum absolute atomic E-state index is 0.240. The Balaban J connectivity index is 0.000000204. The highest BCUT2D eigenvalue weighted by Crippen LogP contribution is 2.27. The number of carbonyl (C=O) groups excluding carboxylic acids is 1. The van der Waals surface area contributed by atoms with E-state index in [0.29, 0.717) is 12.3 Å². The molecule has 0 spiro atoms. The molecule has 0 radical (unpaired) electrons. The van der Waals surface area contributed by atoms with Crippen molar-refractivity contribution in [2.45, 2.75) is 90.2 Å². The van der Waals surface area contributed by atoms with Gasteiger partial charge in [0.15, 0.2) is 0 Å². The second kappa shape index (κ2) is 11.1. The summed E-state index contributed by atoms with van der Waals surface area (Å²) in [5, 5.41) is 9.51. The number of amides is 1. The van der Waals surface area contributed by atoms with Crippen molar-refractivity contribution in [1.29, 1.82) is 0 Å². The molecular weight excluding hydrogens is 360 g/mol. The smallest absolute Gasteiger partial charge is 0.222 e. The molecule has 1 aromatic carbocycles. The third-order valence-electron chi connectivity index (χ3n) is 6.74. The Bertz CT molecular complexity index is 648. The van der Waals surface area contributed by atoms with Gasteiger partial charge in [-0.3, -0.25) is 9.69 Å². The summed E-state index contributed by atoms with van der Waals surface area (Å²) in [5.74, 6) is 0.319. The number of nitrogens with zero attached hydrogens (tertiary/aromatic N) is 2. The maximum atomic E-state index is 11.1. The molecule has 1 N–H and O–H groups in total. The summed E-state index contributed by atoms with van der Waals surface area (Å²) in [5.41, 5.74) is 4.32. The van der Waals surface area contributed by atoms with E-state index in [1.165, 1.54) is 81.1 Å². The first-order valence-corrected chi connectivity index (χ1v) is 11.9. The topological polar surface area (TPSA) is 43.8 Å². The summed E-state index contributed by atoms with van der Waals surface area (Å²) < 4.78 is 0. The molecule has 4 heteroatoms. The fraction of sp³-hybridized carbons (Fsp3) is 0.720. The predicted octanol–water partition coefficient (Wildman–Crippen LogP) is 3.97. The summed E-state index contributed by atoms with van der Waals surface area (Å²) in [6, 6.07) is 7.68. The molecule has 162 valence electrons. The van der Waals surface area contributed by atoms with Gasteiger partial charge in [-0.2, -0.15) is 0 Å². The van der Waals surface area contributed by atoms with Crippen molar-refractivity contribution < 1.29 is 9.90 Å². The SMILES string of the molecule is CC(O)Cc1ccc2c(c1)CCN(C1CCC1)CC2.CCC(=O)N1CCCCC1. The van der Waals surface area contributed by atoms with Gasteiger partial charge in [-0.05, 0) is 75.0 Å². The fourth-order valence-corrected chi connectivity index (χ4v) is 4.75. The molecule has 4 rings (SSSR count). The van der Waals surface area contributed by atoms with Crippen LogP contribution in [-0.4, -0.2) is 59.1 Å². The van der Waals surface area contributed by atoms with Crippen LogP contribution in [0.1, 0.15) is 75.5 Å². The average Bonchev–Trinajstić information content (AvgIpc) is 2.89. The maximum Gasteiger partial charge on any atom is 0.222 e. The van der Waals surface area contributed by atoms with Gasteiger partial charge in [0.25, 0.3) is 0 Å². The number of hydrogen-bond acceptors (Lipinski definition) is 3. The molecule has 4 nitrogen and oxygen atoms in total. The highest BCUT2D eigenvalue weighted by molar-refractivity contribution is 5.75. The van der Waals surface area contributed by atoms with E-state index in [2.05, 4.69) is 23.1 Å². The molecule has 2 heterocycles. The minimum atomic E-state index is -0.240. The van der Waals surface area contributed by atoms with E-state index < -0.39 is 0 Å². The fourth-order valence-electron chi connectivity index (χ4n) is 4.75. The van der Waals surface area contributed by atoms with Crippen molar-refractivity contribution in [3.8, 4) is 0 Å².